The Labute approximate surface area is 123 Å². The van der Waals surface area contributed by atoms with Crippen molar-refractivity contribution in [3.63, 3.8) is 0 Å². The zero-order valence-corrected chi connectivity index (χ0v) is 12.3. The van der Waals surface area contributed by atoms with Crippen LogP contribution >= 0.6 is 11.6 Å². The van der Waals surface area contributed by atoms with Gasteiger partial charge in [-0.1, -0.05) is 23.7 Å². The molecule has 1 heterocycles. The molecule has 0 bridgehead atoms. The fourth-order valence-corrected chi connectivity index (χ4v) is 2.06. The largest absolute Gasteiger partial charge is 0.476 e. The topological polar surface area (TPSA) is 60.2 Å². The maximum absolute atomic E-state index is 6.00. The summed E-state index contributed by atoms with van der Waals surface area (Å²) in [4.78, 5) is 4.36. The molecule has 0 fully saturated rings. The van der Waals surface area contributed by atoms with Gasteiger partial charge in [-0.2, -0.15) is 4.98 Å². The summed E-state index contributed by atoms with van der Waals surface area (Å²) in [7, 11) is 0. The second-order valence-electron chi connectivity index (χ2n) is 4.44. The van der Waals surface area contributed by atoms with Gasteiger partial charge >= 0.3 is 0 Å². The van der Waals surface area contributed by atoms with Crippen LogP contribution in [0.3, 0.4) is 0 Å². The van der Waals surface area contributed by atoms with Crippen molar-refractivity contribution in [2.75, 3.05) is 17.7 Å². The van der Waals surface area contributed by atoms with E-state index in [1.54, 1.807) is 6.07 Å². The first kappa shape index (κ1) is 14.5. The highest BCUT2D eigenvalue weighted by Crippen LogP contribution is 2.25. The Bertz CT molecular complexity index is 589. The molecule has 106 valence electrons. The van der Waals surface area contributed by atoms with Gasteiger partial charge in [0.15, 0.2) is 0 Å². The molecule has 5 heteroatoms. The molecule has 0 spiro atoms. The molecule has 0 saturated carbocycles. The predicted octanol–water partition coefficient (Wildman–Crippen LogP) is 3.89. The molecule has 3 N–H and O–H groups in total. The number of hydrogen-bond donors (Lipinski definition) is 2. The van der Waals surface area contributed by atoms with Crippen LogP contribution in [0.15, 0.2) is 36.4 Å². The number of nitrogens with zero attached hydrogens (tertiary/aromatic N) is 1. The van der Waals surface area contributed by atoms with Crippen LogP contribution in [-0.4, -0.2) is 11.6 Å². The number of nitrogen functional groups attached to an aromatic ring is 1. The van der Waals surface area contributed by atoms with Crippen molar-refractivity contribution in [3.8, 4) is 5.88 Å². The summed E-state index contributed by atoms with van der Waals surface area (Å²) in [5, 5.41) is 4.03. The molecule has 1 aromatic carbocycles. The average molecular weight is 292 g/mol. The molecule has 0 amide bonds. The fourth-order valence-electron chi connectivity index (χ4n) is 1.87. The lowest BCUT2D eigenvalue weighted by molar-refractivity contribution is 0.329. The average Bonchev–Trinajstić information content (AvgIpc) is 2.43. The number of nitrogens with two attached hydrogens (primary N) is 1. The fraction of sp³-hybridized carbons (Fsp3) is 0.267. The molecule has 1 aromatic heterocycles. The molecule has 0 saturated heterocycles. The van der Waals surface area contributed by atoms with Gasteiger partial charge in [0.25, 0.3) is 0 Å². The highest BCUT2D eigenvalue weighted by Gasteiger charge is 2.09. The van der Waals surface area contributed by atoms with E-state index in [0.29, 0.717) is 18.2 Å². The van der Waals surface area contributed by atoms with Crippen LogP contribution in [0.25, 0.3) is 0 Å². The van der Waals surface area contributed by atoms with Crippen LogP contribution in [-0.2, 0) is 0 Å². The molecule has 1 unspecified atom stereocenters. The van der Waals surface area contributed by atoms with Crippen LogP contribution in [0, 0.1) is 0 Å². The third-order valence-electron chi connectivity index (χ3n) is 2.88. The van der Waals surface area contributed by atoms with Gasteiger partial charge in [-0.25, -0.2) is 0 Å². The minimum Gasteiger partial charge on any atom is -0.476 e. The van der Waals surface area contributed by atoms with E-state index < -0.39 is 0 Å². The first-order chi connectivity index (χ1) is 9.60. The van der Waals surface area contributed by atoms with Crippen molar-refractivity contribution in [3.05, 3.63) is 47.0 Å². The smallest absolute Gasteiger partial charge is 0.239 e. The summed E-state index contributed by atoms with van der Waals surface area (Å²) in [6, 6.07) is 11.4. The molecular weight excluding hydrogens is 274 g/mol. The minimum atomic E-state index is 0.0827. The van der Waals surface area contributed by atoms with Crippen LogP contribution < -0.4 is 15.8 Å². The number of halogens is 1. The van der Waals surface area contributed by atoms with E-state index in [4.69, 9.17) is 22.1 Å². The van der Waals surface area contributed by atoms with E-state index in [2.05, 4.69) is 10.3 Å². The second kappa shape index (κ2) is 6.48. The lowest BCUT2D eigenvalue weighted by atomic mass is 10.1. The molecule has 0 aliphatic carbocycles. The summed E-state index contributed by atoms with van der Waals surface area (Å²) in [6.45, 7) is 4.48. The van der Waals surface area contributed by atoms with Gasteiger partial charge in [0.1, 0.15) is 5.82 Å². The summed E-state index contributed by atoms with van der Waals surface area (Å²) in [5.41, 5.74) is 7.43. The Morgan fingerprint density at radius 1 is 1.35 bits per heavy atom. The number of hydrogen-bond acceptors (Lipinski definition) is 4. The number of nitrogens with one attached hydrogen (secondary N) is 1. The summed E-state index contributed by atoms with van der Waals surface area (Å²) >= 11 is 6.00. The number of benzene rings is 1. The SMILES string of the molecule is CCOc1nc(NC(C)c2cccc(Cl)c2)ccc1N. The third-order valence-corrected chi connectivity index (χ3v) is 3.12. The normalized spacial score (nSPS) is 11.9. The highest BCUT2D eigenvalue weighted by molar-refractivity contribution is 6.30. The molecule has 0 aliphatic rings. The number of ether oxygens (including phenoxy) is 1. The standard InChI is InChI=1S/C15H18ClN3O/c1-3-20-15-13(17)7-8-14(19-15)18-10(2)11-5-4-6-12(16)9-11/h4-10H,3,17H2,1-2H3,(H,18,19). The van der Waals surface area contributed by atoms with Crippen LogP contribution in [0.2, 0.25) is 5.02 Å². The number of rotatable bonds is 5. The molecule has 4 nitrogen and oxygen atoms in total. The lowest BCUT2D eigenvalue weighted by Gasteiger charge is -2.16. The maximum Gasteiger partial charge on any atom is 0.239 e. The van der Waals surface area contributed by atoms with Gasteiger partial charge in [-0.15, -0.1) is 0 Å². The number of anilines is 2. The zero-order chi connectivity index (χ0) is 14.5. The molecule has 1 atom stereocenters. The van der Waals surface area contributed by atoms with Gasteiger partial charge in [0, 0.05) is 11.1 Å². The van der Waals surface area contributed by atoms with Crippen molar-refractivity contribution in [2.45, 2.75) is 19.9 Å². The minimum absolute atomic E-state index is 0.0827. The second-order valence-corrected chi connectivity index (χ2v) is 4.88. The zero-order valence-electron chi connectivity index (χ0n) is 11.6. The Kier molecular flexibility index (Phi) is 4.69. The van der Waals surface area contributed by atoms with Crippen molar-refractivity contribution in [2.24, 2.45) is 0 Å². The quantitative estimate of drug-likeness (QED) is 0.877. The predicted molar refractivity (Wildman–Crippen MR) is 83.3 cm³/mol. The van der Waals surface area contributed by atoms with Gasteiger partial charge in [0.05, 0.1) is 12.3 Å². The number of aromatic nitrogens is 1. The lowest BCUT2D eigenvalue weighted by Crippen LogP contribution is -2.09. The van der Waals surface area contributed by atoms with E-state index in [-0.39, 0.29) is 6.04 Å². The van der Waals surface area contributed by atoms with Crippen LogP contribution in [0.4, 0.5) is 11.5 Å². The van der Waals surface area contributed by atoms with Gasteiger partial charge in [0.2, 0.25) is 5.88 Å². The monoisotopic (exact) mass is 291 g/mol. The third kappa shape index (κ3) is 3.54. The Morgan fingerprint density at radius 2 is 2.15 bits per heavy atom. The summed E-state index contributed by atoms with van der Waals surface area (Å²) in [6.07, 6.45) is 0. The van der Waals surface area contributed by atoms with Crippen molar-refractivity contribution in [1.29, 1.82) is 0 Å². The Hall–Kier alpha value is -1.94. The Morgan fingerprint density at radius 3 is 2.85 bits per heavy atom. The molecule has 2 rings (SSSR count). The van der Waals surface area contributed by atoms with E-state index in [0.717, 1.165) is 16.4 Å². The van der Waals surface area contributed by atoms with Gasteiger partial charge in [-0.3, -0.25) is 0 Å². The molecule has 0 aliphatic heterocycles. The van der Waals surface area contributed by atoms with E-state index >= 15 is 0 Å². The highest BCUT2D eigenvalue weighted by atomic mass is 35.5. The van der Waals surface area contributed by atoms with Crippen molar-refractivity contribution >= 4 is 23.1 Å². The van der Waals surface area contributed by atoms with Crippen molar-refractivity contribution < 1.29 is 4.74 Å². The van der Waals surface area contributed by atoms with Gasteiger partial charge < -0.3 is 15.8 Å². The molecule has 2 aromatic rings. The van der Waals surface area contributed by atoms with Crippen LogP contribution in [0.5, 0.6) is 5.88 Å². The van der Waals surface area contributed by atoms with Gasteiger partial charge in [-0.05, 0) is 43.7 Å². The van der Waals surface area contributed by atoms with E-state index in [1.165, 1.54) is 0 Å². The molecule has 20 heavy (non-hydrogen) atoms. The van der Waals surface area contributed by atoms with E-state index in [9.17, 15) is 0 Å². The molecular formula is C15H18ClN3O. The first-order valence-electron chi connectivity index (χ1n) is 6.51. The van der Waals surface area contributed by atoms with E-state index in [1.807, 2.05) is 44.2 Å². The maximum atomic E-state index is 6.00. The van der Waals surface area contributed by atoms with Crippen molar-refractivity contribution in [1.82, 2.24) is 4.98 Å². The Balaban J connectivity index is 2.15. The molecule has 0 radical (unpaired) electrons. The van der Waals surface area contributed by atoms with Crippen LogP contribution in [0.1, 0.15) is 25.5 Å². The first-order valence-corrected chi connectivity index (χ1v) is 6.89. The summed E-state index contributed by atoms with van der Waals surface area (Å²) < 4.78 is 5.39. The number of pyridine rings is 1. The summed E-state index contributed by atoms with van der Waals surface area (Å²) in [5.74, 6) is 1.17.